The van der Waals surface area contributed by atoms with Crippen molar-refractivity contribution >= 4 is 34.3 Å². The first kappa shape index (κ1) is 24.1. The second-order valence-electron chi connectivity index (χ2n) is 9.11. The SMILES string of the molecule is COc1cc(-c2cc3c(NC4CCCCC4)c(C(N)=Nc4cc(F)ccc4Cl)cnn3c2)c(C)cn1. The molecule has 36 heavy (non-hydrogen) atoms. The van der Waals surface area contributed by atoms with Crippen LogP contribution in [-0.2, 0) is 0 Å². The second-order valence-corrected chi connectivity index (χ2v) is 9.51. The lowest BCUT2D eigenvalue weighted by atomic mass is 9.95. The number of halogens is 2. The molecule has 5 rings (SSSR count). The molecule has 1 saturated carbocycles. The number of nitrogens with one attached hydrogen (secondary N) is 1. The molecule has 1 aliphatic rings. The third-order valence-electron chi connectivity index (χ3n) is 6.61. The summed E-state index contributed by atoms with van der Waals surface area (Å²) in [5, 5.41) is 8.66. The van der Waals surface area contributed by atoms with Crippen LogP contribution in [-0.4, -0.2) is 33.6 Å². The minimum atomic E-state index is -0.431. The number of methoxy groups -OCH3 is 1. The van der Waals surface area contributed by atoms with Crippen LogP contribution in [0, 0.1) is 12.7 Å². The number of nitrogens with zero attached hydrogens (tertiary/aromatic N) is 4. The molecule has 0 atom stereocenters. The number of fused-ring (bicyclic) bond motifs is 1. The minimum Gasteiger partial charge on any atom is -0.481 e. The molecule has 9 heteroatoms. The largest absolute Gasteiger partial charge is 0.481 e. The topological polar surface area (TPSA) is 89.8 Å². The van der Waals surface area contributed by atoms with E-state index in [-0.39, 0.29) is 11.5 Å². The van der Waals surface area contributed by atoms with Crippen LogP contribution in [0.2, 0.25) is 5.02 Å². The average molecular weight is 507 g/mol. The summed E-state index contributed by atoms with van der Waals surface area (Å²) in [7, 11) is 1.60. The molecule has 1 aliphatic carbocycles. The van der Waals surface area contributed by atoms with Crippen LogP contribution in [0.4, 0.5) is 15.8 Å². The number of pyridine rings is 1. The molecule has 0 spiro atoms. The zero-order chi connectivity index (χ0) is 25.2. The molecule has 0 unspecified atom stereocenters. The first-order valence-electron chi connectivity index (χ1n) is 12.0. The maximum Gasteiger partial charge on any atom is 0.213 e. The van der Waals surface area contributed by atoms with E-state index in [0.717, 1.165) is 40.7 Å². The van der Waals surface area contributed by atoms with E-state index in [2.05, 4.69) is 26.5 Å². The summed E-state index contributed by atoms with van der Waals surface area (Å²) in [5.74, 6) is 0.322. The van der Waals surface area contributed by atoms with Gasteiger partial charge < -0.3 is 15.8 Å². The molecule has 0 amide bonds. The maximum absolute atomic E-state index is 13.8. The molecule has 3 aromatic heterocycles. The zero-order valence-electron chi connectivity index (χ0n) is 20.3. The van der Waals surface area contributed by atoms with Gasteiger partial charge >= 0.3 is 0 Å². The molecular formula is C27H28ClFN6O. The Labute approximate surface area is 214 Å². The van der Waals surface area contributed by atoms with Crippen molar-refractivity contribution in [2.24, 2.45) is 10.7 Å². The lowest BCUT2D eigenvalue weighted by Crippen LogP contribution is -2.25. The van der Waals surface area contributed by atoms with E-state index in [1.54, 1.807) is 19.5 Å². The molecule has 0 aliphatic heterocycles. The summed E-state index contributed by atoms with van der Waals surface area (Å²) in [4.78, 5) is 8.76. The van der Waals surface area contributed by atoms with Gasteiger partial charge in [0.25, 0.3) is 0 Å². The van der Waals surface area contributed by atoms with Gasteiger partial charge in [-0.3, -0.25) is 0 Å². The van der Waals surface area contributed by atoms with Crippen molar-refractivity contribution in [2.45, 2.75) is 45.1 Å². The van der Waals surface area contributed by atoms with Crippen molar-refractivity contribution in [1.82, 2.24) is 14.6 Å². The lowest BCUT2D eigenvalue weighted by molar-refractivity contribution is 0.398. The molecule has 186 valence electrons. The summed E-state index contributed by atoms with van der Waals surface area (Å²) in [5.41, 5.74) is 12.1. The van der Waals surface area contributed by atoms with Gasteiger partial charge in [-0.1, -0.05) is 30.9 Å². The standard InChI is InChI=1S/C27H28ClFN6O/c1-16-13-31-25(36-2)12-20(16)17-10-24-26(33-19-6-4-3-5-7-19)21(14-32-35(24)15-17)27(30)34-23-11-18(29)8-9-22(23)28/h8-15,19,33H,3-7H2,1-2H3,(H2,30,34). The number of benzene rings is 1. The lowest BCUT2D eigenvalue weighted by Gasteiger charge is -2.25. The van der Waals surface area contributed by atoms with Gasteiger partial charge in [-0.05, 0) is 49.1 Å². The molecule has 1 aromatic carbocycles. The fraction of sp³-hybridized carbons (Fsp3) is 0.296. The number of hydrogen-bond acceptors (Lipinski definition) is 5. The van der Waals surface area contributed by atoms with Gasteiger partial charge in [0, 0.05) is 36.1 Å². The Balaban J connectivity index is 1.64. The van der Waals surface area contributed by atoms with E-state index in [9.17, 15) is 4.39 Å². The first-order chi connectivity index (χ1) is 17.4. The van der Waals surface area contributed by atoms with Crippen LogP contribution in [0.15, 0.2) is 53.9 Å². The Morgan fingerprint density at radius 2 is 2.00 bits per heavy atom. The Hall–Kier alpha value is -3.65. The molecule has 7 nitrogen and oxygen atoms in total. The molecule has 3 heterocycles. The number of aryl methyl sites for hydroxylation is 1. The second kappa shape index (κ2) is 10.1. The summed E-state index contributed by atoms with van der Waals surface area (Å²) in [6.07, 6.45) is 11.2. The number of hydrogen-bond donors (Lipinski definition) is 2. The Morgan fingerprint density at radius 1 is 1.19 bits per heavy atom. The van der Waals surface area contributed by atoms with Crippen LogP contribution in [0.3, 0.4) is 0 Å². The van der Waals surface area contributed by atoms with Gasteiger partial charge in [0.2, 0.25) is 5.88 Å². The monoisotopic (exact) mass is 506 g/mol. The number of anilines is 1. The van der Waals surface area contributed by atoms with Crippen LogP contribution in [0.1, 0.15) is 43.2 Å². The fourth-order valence-electron chi connectivity index (χ4n) is 4.69. The van der Waals surface area contributed by atoms with Crippen molar-refractivity contribution in [3.05, 3.63) is 70.9 Å². The molecule has 0 bridgehead atoms. The van der Waals surface area contributed by atoms with Crippen LogP contribution < -0.4 is 15.8 Å². The summed E-state index contributed by atoms with van der Waals surface area (Å²) >= 11 is 6.25. The smallest absolute Gasteiger partial charge is 0.213 e. The van der Waals surface area contributed by atoms with Crippen molar-refractivity contribution < 1.29 is 9.13 Å². The Morgan fingerprint density at radius 3 is 2.78 bits per heavy atom. The number of ether oxygens (including phenoxy) is 1. The van der Waals surface area contributed by atoms with Crippen molar-refractivity contribution in [2.75, 3.05) is 12.4 Å². The Bertz CT molecular complexity index is 1440. The van der Waals surface area contributed by atoms with Gasteiger partial charge in [-0.2, -0.15) is 5.10 Å². The van der Waals surface area contributed by atoms with Gasteiger partial charge in [0.05, 0.1) is 40.8 Å². The van der Waals surface area contributed by atoms with Crippen molar-refractivity contribution in [3.63, 3.8) is 0 Å². The van der Waals surface area contributed by atoms with E-state index in [0.29, 0.717) is 22.5 Å². The van der Waals surface area contributed by atoms with Gasteiger partial charge in [-0.15, -0.1) is 0 Å². The molecule has 3 N–H and O–H groups in total. The highest BCUT2D eigenvalue weighted by molar-refractivity contribution is 6.33. The third-order valence-corrected chi connectivity index (χ3v) is 6.93. The van der Waals surface area contributed by atoms with E-state index in [1.807, 2.05) is 23.7 Å². The normalized spacial score (nSPS) is 14.8. The van der Waals surface area contributed by atoms with E-state index >= 15 is 0 Å². The molecule has 0 saturated heterocycles. The van der Waals surface area contributed by atoms with Crippen molar-refractivity contribution in [1.29, 1.82) is 0 Å². The van der Waals surface area contributed by atoms with Gasteiger partial charge in [-0.25, -0.2) is 18.9 Å². The van der Waals surface area contributed by atoms with Crippen LogP contribution in [0.25, 0.3) is 16.6 Å². The first-order valence-corrected chi connectivity index (χ1v) is 12.4. The highest BCUT2D eigenvalue weighted by atomic mass is 35.5. The third kappa shape index (κ3) is 4.86. The predicted octanol–water partition coefficient (Wildman–Crippen LogP) is 6.29. The van der Waals surface area contributed by atoms with E-state index in [1.165, 1.54) is 37.5 Å². The number of nitrogens with two attached hydrogens (primary N) is 1. The zero-order valence-corrected chi connectivity index (χ0v) is 21.0. The van der Waals surface area contributed by atoms with Crippen molar-refractivity contribution in [3.8, 4) is 17.0 Å². The molecule has 4 aromatic rings. The number of aromatic nitrogens is 3. The molecule has 1 fully saturated rings. The number of aliphatic imine (C=N–C) groups is 1. The van der Waals surface area contributed by atoms with Crippen LogP contribution >= 0.6 is 11.6 Å². The van der Waals surface area contributed by atoms with Gasteiger partial charge in [0.15, 0.2) is 0 Å². The molecular weight excluding hydrogens is 479 g/mol. The van der Waals surface area contributed by atoms with E-state index < -0.39 is 5.82 Å². The minimum absolute atomic E-state index is 0.209. The maximum atomic E-state index is 13.8. The summed E-state index contributed by atoms with van der Waals surface area (Å²) in [6, 6.07) is 8.34. The van der Waals surface area contributed by atoms with E-state index in [4.69, 9.17) is 22.1 Å². The molecule has 0 radical (unpaired) electrons. The average Bonchev–Trinajstić information content (AvgIpc) is 3.32. The highest BCUT2D eigenvalue weighted by Crippen LogP contribution is 2.34. The summed E-state index contributed by atoms with van der Waals surface area (Å²) in [6.45, 7) is 2.01. The Kier molecular flexibility index (Phi) is 6.78. The number of amidine groups is 1. The van der Waals surface area contributed by atoms with Gasteiger partial charge in [0.1, 0.15) is 11.7 Å². The highest BCUT2D eigenvalue weighted by Gasteiger charge is 2.20. The van der Waals surface area contributed by atoms with Crippen LogP contribution in [0.5, 0.6) is 5.88 Å². The number of rotatable bonds is 6. The fourth-order valence-corrected chi connectivity index (χ4v) is 4.85. The summed E-state index contributed by atoms with van der Waals surface area (Å²) < 4.78 is 21.0. The quantitative estimate of drug-likeness (QED) is 0.237. The predicted molar refractivity (Wildman–Crippen MR) is 142 cm³/mol.